The summed E-state index contributed by atoms with van der Waals surface area (Å²) >= 11 is 0. The first-order valence-electron chi connectivity index (χ1n) is 4.94. The molecule has 1 aromatic rings. The van der Waals surface area contributed by atoms with Gasteiger partial charge in [0.05, 0.1) is 6.10 Å². The largest absolute Gasteiger partial charge is 0.392 e. The van der Waals surface area contributed by atoms with Crippen molar-refractivity contribution >= 4 is 0 Å². The minimum Gasteiger partial charge on any atom is -0.392 e. The molecule has 1 aromatic heterocycles. The molecule has 0 aromatic carbocycles. The third-order valence-corrected chi connectivity index (χ3v) is 2.60. The number of aryl methyl sites for hydroxylation is 1. The molecule has 0 radical (unpaired) electrons. The minimum absolute atomic E-state index is 0.191. The Morgan fingerprint density at radius 1 is 1.57 bits per heavy atom. The number of aromatic nitrogens is 2. The molecule has 1 unspecified atom stereocenters. The number of piperidine rings is 1. The lowest BCUT2D eigenvalue weighted by atomic mass is 10.1. The van der Waals surface area contributed by atoms with Crippen molar-refractivity contribution < 1.29 is 9.74 Å². The number of rotatable bonds is 2. The van der Waals surface area contributed by atoms with Gasteiger partial charge >= 0.3 is 0 Å². The number of nitrogens with zero attached hydrogens (tertiary/aromatic N) is 3. The topological polar surface area (TPSA) is 62.4 Å². The number of hydrogen-bond acceptors (Lipinski definition) is 5. The maximum Gasteiger partial charge on any atom is 0.122 e. The summed E-state index contributed by atoms with van der Waals surface area (Å²) in [6.45, 7) is 4.36. The average molecular weight is 197 g/mol. The molecule has 1 saturated heterocycles. The molecule has 1 atom stereocenters. The van der Waals surface area contributed by atoms with Crippen molar-refractivity contribution in [1.82, 2.24) is 15.2 Å². The van der Waals surface area contributed by atoms with Crippen LogP contribution in [0.25, 0.3) is 0 Å². The fourth-order valence-electron chi connectivity index (χ4n) is 1.78. The van der Waals surface area contributed by atoms with E-state index < -0.39 is 0 Å². The smallest absolute Gasteiger partial charge is 0.122 e. The van der Waals surface area contributed by atoms with E-state index in [0.717, 1.165) is 43.9 Å². The third kappa shape index (κ3) is 2.10. The van der Waals surface area contributed by atoms with Gasteiger partial charge in [-0.25, -0.2) is 4.63 Å². The number of β-amino-alcohol motifs (C(OH)–C–C–N with tert-alkyl or cyclic N) is 1. The van der Waals surface area contributed by atoms with Crippen LogP contribution in [0.1, 0.15) is 24.2 Å². The van der Waals surface area contributed by atoms with Crippen LogP contribution < -0.4 is 0 Å². The van der Waals surface area contributed by atoms with Gasteiger partial charge in [-0.05, 0) is 26.3 Å². The van der Waals surface area contributed by atoms with Crippen LogP contribution in [0.3, 0.4) is 0 Å². The highest BCUT2D eigenvalue weighted by Gasteiger charge is 2.19. The van der Waals surface area contributed by atoms with E-state index in [0.29, 0.717) is 0 Å². The van der Waals surface area contributed by atoms with Gasteiger partial charge in [-0.15, -0.1) is 0 Å². The van der Waals surface area contributed by atoms with Crippen molar-refractivity contribution in [3.05, 3.63) is 11.4 Å². The number of hydrogen-bond donors (Lipinski definition) is 1. The molecule has 0 saturated carbocycles. The van der Waals surface area contributed by atoms with Crippen LogP contribution in [0.4, 0.5) is 0 Å². The van der Waals surface area contributed by atoms with Gasteiger partial charge in [-0.1, -0.05) is 10.3 Å². The highest BCUT2D eigenvalue weighted by Crippen LogP contribution is 2.13. The summed E-state index contributed by atoms with van der Waals surface area (Å²) in [6.07, 6.45) is 1.77. The molecule has 0 bridgehead atoms. The highest BCUT2D eigenvalue weighted by molar-refractivity contribution is 5.04. The van der Waals surface area contributed by atoms with Crippen molar-refractivity contribution in [2.45, 2.75) is 32.4 Å². The Kier molecular flexibility index (Phi) is 2.79. The van der Waals surface area contributed by atoms with E-state index in [1.54, 1.807) is 0 Å². The van der Waals surface area contributed by atoms with Gasteiger partial charge in [0.2, 0.25) is 0 Å². The van der Waals surface area contributed by atoms with E-state index in [2.05, 4.69) is 19.8 Å². The van der Waals surface area contributed by atoms with Gasteiger partial charge < -0.3 is 5.11 Å². The fourth-order valence-corrected chi connectivity index (χ4v) is 1.78. The third-order valence-electron chi connectivity index (χ3n) is 2.60. The summed E-state index contributed by atoms with van der Waals surface area (Å²) in [7, 11) is 0. The molecule has 0 spiro atoms. The molecule has 2 rings (SSSR count). The zero-order valence-corrected chi connectivity index (χ0v) is 8.31. The molecule has 1 fully saturated rings. The van der Waals surface area contributed by atoms with Gasteiger partial charge in [0.15, 0.2) is 0 Å². The van der Waals surface area contributed by atoms with E-state index in [4.69, 9.17) is 0 Å². The molecule has 1 N–H and O–H groups in total. The average Bonchev–Trinajstić information content (AvgIpc) is 2.52. The molecule has 5 heteroatoms. The Bertz CT molecular complexity index is 300. The first kappa shape index (κ1) is 9.61. The van der Waals surface area contributed by atoms with Crippen molar-refractivity contribution in [1.29, 1.82) is 0 Å². The molecular weight excluding hydrogens is 182 g/mol. The molecule has 2 heterocycles. The van der Waals surface area contributed by atoms with Crippen LogP contribution in [0, 0.1) is 6.92 Å². The van der Waals surface area contributed by atoms with E-state index in [1.807, 2.05) is 6.92 Å². The molecule has 1 aliphatic rings. The zero-order chi connectivity index (χ0) is 9.97. The van der Waals surface area contributed by atoms with Gasteiger partial charge in [0, 0.05) is 13.1 Å². The summed E-state index contributed by atoms with van der Waals surface area (Å²) in [4.78, 5) is 2.18. The second-order valence-corrected chi connectivity index (χ2v) is 3.83. The van der Waals surface area contributed by atoms with E-state index in [-0.39, 0.29) is 6.10 Å². The van der Waals surface area contributed by atoms with Crippen LogP contribution in [0.5, 0.6) is 0 Å². The maximum absolute atomic E-state index is 9.48. The summed E-state index contributed by atoms with van der Waals surface area (Å²) in [5, 5.41) is 17.0. The van der Waals surface area contributed by atoms with E-state index >= 15 is 0 Å². The molecule has 0 amide bonds. The van der Waals surface area contributed by atoms with Gasteiger partial charge in [-0.2, -0.15) is 0 Å². The van der Waals surface area contributed by atoms with Crippen LogP contribution in [-0.4, -0.2) is 39.5 Å². The van der Waals surface area contributed by atoms with Gasteiger partial charge in [0.25, 0.3) is 0 Å². The Morgan fingerprint density at radius 3 is 3.07 bits per heavy atom. The van der Waals surface area contributed by atoms with Crippen LogP contribution >= 0.6 is 0 Å². The maximum atomic E-state index is 9.48. The molecule has 1 aliphatic heterocycles. The predicted molar refractivity (Wildman–Crippen MR) is 49.6 cm³/mol. The quantitative estimate of drug-likeness (QED) is 0.740. The van der Waals surface area contributed by atoms with Crippen LogP contribution in [0.15, 0.2) is 4.63 Å². The lowest BCUT2D eigenvalue weighted by Gasteiger charge is -2.29. The standard InChI is InChI=1S/C9H15N3O2/c1-7-9(11-14-10-7)6-12-4-2-3-8(13)5-12/h8,13H,2-6H2,1H3. The lowest BCUT2D eigenvalue weighted by Crippen LogP contribution is -2.37. The molecule has 78 valence electrons. The molecule has 5 nitrogen and oxygen atoms in total. The summed E-state index contributed by atoms with van der Waals surface area (Å²) < 4.78 is 4.62. The molecular formula is C9H15N3O2. The number of aliphatic hydroxyl groups is 1. The van der Waals surface area contributed by atoms with Crippen molar-refractivity contribution in [3.63, 3.8) is 0 Å². The Hall–Kier alpha value is -0.940. The Balaban J connectivity index is 1.94. The predicted octanol–water partition coefficient (Wildman–Crippen LogP) is 0.335. The summed E-state index contributed by atoms with van der Waals surface area (Å²) in [5.74, 6) is 0. The Labute approximate surface area is 82.7 Å². The van der Waals surface area contributed by atoms with Gasteiger partial charge in [-0.3, -0.25) is 4.90 Å². The second kappa shape index (κ2) is 4.06. The molecule has 14 heavy (non-hydrogen) atoms. The molecule has 0 aliphatic carbocycles. The van der Waals surface area contributed by atoms with Crippen LogP contribution in [0.2, 0.25) is 0 Å². The summed E-state index contributed by atoms with van der Waals surface area (Å²) in [5.41, 5.74) is 1.71. The summed E-state index contributed by atoms with van der Waals surface area (Å²) in [6, 6.07) is 0. The Morgan fingerprint density at radius 2 is 2.43 bits per heavy atom. The second-order valence-electron chi connectivity index (χ2n) is 3.83. The van der Waals surface area contributed by atoms with E-state index in [1.165, 1.54) is 0 Å². The van der Waals surface area contributed by atoms with Crippen molar-refractivity contribution in [2.75, 3.05) is 13.1 Å². The van der Waals surface area contributed by atoms with Crippen molar-refractivity contribution in [2.24, 2.45) is 0 Å². The monoisotopic (exact) mass is 197 g/mol. The minimum atomic E-state index is -0.191. The lowest BCUT2D eigenvalue weighted by molar-refractivity contribution is 0.0655. The zero-order valence-electron chi connectivity index (χ0n) is 8.31. The highest BCUT2D eigenvalue weighted by atomic mass is 16.6. The van der Waals surface area contributed by atoms with Crippen LogP contribution in [-0.2, 0) is 6.54 Å². The fraction of sp³-hybridized carbons (Fsp3) is 0.778. The number of aliphatic hydroxyl groups excluding tert-OH is 1. The van der Waals surface area contributed by atoms with Crippen molar-refractivity contribution in [3.8, 4) is 0 Å². The SMILES string of the molecule is Cc1nonc1CN1CCCC(O)C1. The normalized spacial score (nSPS) is 24.0. The van der Waals surface area contributed by atoms with Gasteiger partial charge in [0.1, 0.15) is 11.4 Å². The van der Waals surface area contributed by atoms with E-state index in [9.17, 15) is 5.11 Å². The first-order valence-corrected chi connectivity index (χ1v) is 4.94. The number of likely N-dealkylation sites (tertiary alicyclic amines) is 1. The first-order chi connectivity index (χ1) is 6.75.